The highest BCUT2D eigenvalue weighted by molar-refractivity contribution is 4.87. The molecule has 0 amide bonds. The minimum atomic E-state index is 0.974. The summed E-state index contributed by atoms with van der Waals surface area (Å²) in [5.74, 6) is 2.04. The van der Waals surface area contributed by atoms with Gasteiger partial charge in [-0.15, -0.1) is 0 Å². The Kier molecular flexibility index (Phi) is 4.07. The lowest BCUT2D eigenvalue weighted by molar-refractivity contribution is 0.0428. The topological polar surface area (TPSA) is 3.24 Å². The van der Waals surface area contributed by atoms with Gasteiger partial charge in [-0.3, -0.25) is 0 Å². The minimum absolute atomic E-state index is 0.974. The number of rotatable bonds is 4. The van der Waals surface area contributed by atoms with E-state index in [1.165, 1.54) is 58.0 Å². The number of nitrogens with zero attached hydrogens (tertiary/aromatic N) is 1. The third kappa shape index (κ3) is 2.55. The first-order chi connectivity index (χ1) is 7.35. The van der Waals surface area contributed by atoms with E-state index in [-0.39, 0.29) is 0 Å². The van der Waals surface area contributed by atoms with Crippen LogP contribution in [-0.2, 0) is 0 Å². The zero-order chi connectivity index (χ0) is 10.7. The van der Waals surface area contributed by atoms with Crippen LogP contribution in [0.4, 0.5) is 0 Å². The highest BCUT2D eigenvalue weighted by Crippen LogP contribution is 2.34. The predicted octanol–water partition coefficient (Wildman–Crippen LogP) is 3.69. The van der Waals surface area contributed by atoms with Crippen molar-refractivity contribution in [2.45, 2.75) is 64.8 Å². The van der Waals surface area contributed by atoms with Crippen LogP contribution < -0.4 is 0 Å². The van der Waals surface area contributed by atoms with Crippen LogP contribution in [0.2, 0.25) is 0 Å². The van der Waals surface area contributed by atoms with Gasteiger partial charge in [0.1, 0.15) is 0 Å². The van der Waals surface area contributed by atoms with Crippen molar-refractivity contribution in [2.24, 2.45) is 11.8 Å². The van der Waals surface area contributed by atoms with Gasteiger partial charge in [0.15, 0.2) is 0 Å². The van der Waals surface area contributed by atoms with Gasteiger partial charge >= 0.3 is 0 Å². The van der Waals surface area contributed by atoms with Crippen molar-refractivity contribution >= 4 is 0 Å². The molecule has 88 valence electrons. The molecule has 0 unspecified atom stereocenters. The van der Waals surface area contributed by atoms with Crippen LogP contribution in [0.3, 0.4) is 0 Å². The van der Waals surface area contributed by atoms with Crippen molar-refractivity contribution in [3.05, 3.63) is 0 Å². The maximum atomic E-state index is 2.80. The molecule has 1 heterocycles. The molecule has 1 aliphatic heterocycles. The lowest BCUT2D eigenvalue weighted by atomic mass is 9.79. The Hall–Kier alpha value is -0.0400. The highest BCUT2D eigenvalue weighted by atomic mass is 15.2. The lowest BCUT2D eigenvalue weighted by Crippen LogP contribution is -2.48. The van der Waals surface area contributed by atoms with E-state index in [1.54, 1.807) is 0 Å². The first-order valence-corrected chi connectivity index (χ1v) is 7.09. The van der Waals surface area contributed by atoms with E-state index in [9.17, 15) is 0 Å². The van der Waals surface area contributed by atoms with E-state index in [1.807, 2.05) is 0 Å². The normalized spacial score (nSPS) is 34.0. The molecule has 0 aromatic heterocycles. The Labute approximate surface area is 95.2 Å². The van der Waals surface area contributed by atoms with Gasteiger partial charge in [-0.25, -0.2) is 0 Å². The molecular formula is C14H27N. The highest BCUT2D eigenvalue weighted by Gasteiger charge is 2.32. The van der Waals surface area contributed by atoms with Crippen molar-refractivity contribution in [1.29, 1.82) is 0 Å². The fraction of sp³-hybridized carbons (Fsp3) is 1.00. The maximum Gasteiger partial charge on any atom is 0.00953 e. The molecule has 15 heavy (non-hydrogen) atoms. The summed E-state index contributed by atoms with van der Waals surface area (Å²) in [6.45, 7) is 7.53. The molecule has 2 rings (SSSR count). The van der Waals surface area contributed by atoms with Crippen LogP contribution in [0.1, 0.15) is 58.8 Å². The largest absolute Gasteiger partial charge is 0.300 e. The second-order valence-corrected chi connectivity index (χ2v) is 5.59. The summed E-state index contributed by atoms with van der Waals surface area (Å²) < 4.78 is 0. The molecule has 1 saturated carbocycles. The Bertz CT molecular complexity index is 186. The fourth-order valence-electron chi connectivity index (χ4n) is 3.41. The first-order valence-electron chi connectivity index (χ1n) is 7.09. The molecular weight excluding hydrogens is 182 g/mol. The Morgan fingerprint density at radius 1 is 1.07 bits per heavy atom. The van der Waals surface area contributed by atoms with Crippen molar-refractivity contribution in [2.75, 3.05) is 13.1 Å². The first kappa shape index (κ1) is 11.4. The Morgan fingerprint density at radius 3 is 2.40 bits per heavy atom. The molecule has 0 spiro atoms. The molecule has 0 radical (unpaired) electrons. The van der Waals surface area contributed by atoms with Crippen molar-refractivity contribution in [3.8, 4) is 0 Å². The summed E-state index contributed by atoms with van der Waals surface area (Å²) in [5, 5.41) is 0. The molecule has 2 atom stereocenters. The van der Waals surface area contributed by atoms with E-state index < -0.39 is 0 Å². The van der Waals surface area contributed by atoms with E-state index in [4.69, 9.17) is 0 Å². The molecule has 0 aromatic rings. The molecule has 2 aliphatic rings. The number of hydrogen-bond donors (Lipinski definition) is 0. The summed E-state index contributed by atoms with van der Waals surface area (Å²) >= 11 is 0. The summed E-state index contributed by atoms with van der Waals surface area (Å²) in [6.07, 6.45) is 10.2. The minimum Gasteiger partial charge on any atom is -0.300 e. The van der Waals surface area contributed by atoms with Gasteiger partial charge in [0.2, 0.25) is 0 Å². The average Bonchev–Trinajstić information content (AvgIpc) is 2.18. The maximum absolute atomic E-state index is 2.80. The second-order valence-electron chi connectivity index (χ2n) is 5.59. The van der Waals surface area contributed by atoms with Gasteiger partial charge in [-0.2, -0.15) is 0 Å². The van der Waals surface area contributed by atoms with Crippen molar-refractivity contribution in [1.82, 2.24) is 4.90 Å². The van der Waals surface area contributed by atoms with Crippen LogP contribution in [-0.4, -0.2) is 24.0 Å². The summed E-state index contributed by atoms with van der Waals surface area (Å²) in [4.78, 5) is 2.80. The van der Waals surface area contributed by atoms with Gasteiger partial charge < -0.3 is 4.90 Å². The van der Waals surface area contributed by atoms with Gasteiger partial charge in [0.25, 0.3) is 0 Å². The average molecular weight is 209 g/mol. The molecule has 2 fully saturated rings. The third-order valence-corrected chi connectivity index (χ3v) is 4.70. The molecule has 1 aliphatic carbocycles. The Morgan fingerprint density at radius 2 is 1.87 bits per heavy atom. The zero-order valence-corrected chi connectivity index (χ0v) is 10.5. The monoisotopic (exact) mass is 209 g/mol. The van der Waals surface area contributed by atoms with Gasteiger partial charge in [-0.1, -0.05) is 39.5 Å². The fourth-order valence-corrected chi connectivity index (χ4v) is 3.41. The Balaban J connectivity index is 1.84. The van der Waals surface area contributed by atoms with Gasteiger partial charge in [0, 0.05) is 12.6 Å². The smallest absolute Gasteiger partial charge is 0.00953 e. The molecule has 1 saturated heterocycles. The SMILES string of the molecule is CCC[C@@H]1CCN(C2CCC2)C[C@@H]1CC. The number of likely N-dealkylation sites (tertiary alicyclic amines) is 1. The van der Waals surface area contributed by atoms with Gasteiger partial charge in [-0.05, 0) is 37.6 Å². The van der Waals surface area contributed by atoms with E-state index in [0.29, 0.717) is 0 Å². The summed E-state index contributed by atoms with van der Waals surface area (Å²) in [6, 6.07) is 0.974. The quantitative estimate of drug-likeness (QED) is 0.682. The molecule has 1 heteroatoms. The van der Waals surface area contributed by atoms with Crippen molar-refractivity contribution in [3.63, 3.8) is 0 Å². The molecule has 0 N–H and O–H groups in total. The van der Waals surface area contributed by atoms with Crippen LogP contribution >= 0.6 is 0 Å². The standard InChI is InChI=1S/C14H27N/c1-3-6-13-9-10-15(11-12(13)4-2)14-7-5-8-14/h12-14H,3-11H2,1-2H3/t12-,13+/m0/s1. The van der Waals surface area contributed by atoms with Gasteiger partial charge in [0.05, 0.1) is 0 Å². The zero-order valence-electron chi connectivity index (χ0n) is 10.5. The van der Waals surface area contributed by atoms with Crippen LogP contribution in [0, 0.1) is 11.8 Å². The van der Waals surface area contributed by atoms with Crippen LogP contribution in [0.5, 0.6) is 0 Å². The van der Waals surface area contributed by atoms with E-state index >= 15 is 0 Å². The second kappa shape index (κ2) is 5.34. The summed E-state index contributed by atoms with van der Waals surface area (Å²) in [5.41, 5.74) is 0. The third-order valence-electron chi connectivity index (χ3n) is 4.70. The molecule has 0 bridgehead atoms. The van der Waals surface area contributed by atoms with E-state index in [0.717, 1.165) is 17.9 Å². The molecule has 1 nitrogen and oxygen atoms in total. The van der Waals surface area contributed by atoms with Crippen LogP contribution in [0.15, 0.2) is 0 Å². The molecule has 0 aromatic carbocycles. The van der Waals surface area contributed by atoms with E-state index in [2.05, 4.69) is 18.7 Å². The predicted molar refractivity (Wildman–Crippen MR) is 66.0 cm³/mol. The lowest BCUT2D eigenvalue weighted by Gasteiger charge is -2.45. The number of piperidine rings is 1. The van der Waals surface area contributed by atoms with Crippen molar-refractivity contribution < 1.29 is 0 Å². The number of hydrogen-bond acceptors (Lipinski definition) is 1. The van der Waals surface area contributed by atoms with Crippen LogP contribution in [0.25, 0.3) is 0 Å². The summed E-state index contributed by atoms with van der Waals surface area (Å²) in [7, 11) is 0.